The molecule has 4 heteroatoms. The highest BCUT2D eigenvalue weighted by Gasteiger charge is 2.24. The van der Waals surface area contributed by atoms with Crippen molar-refractivity contribution in [2.24, 2.45) is 5.92 Å². The quantitative estimate of drug-likeness (QED) is 0.907. The van der Waals surface area contributed by atoms with Crippen molar-refractivity contribution in [1.82, 2.24) is 4.90 Å². The van der Waals surface area contributed by atoms with E-state index in [0.717, 1.165) is 63.2 Å². The van der Waals surface area contributed by atoms with E-state index in [2.05, 4.69) is 11.0 Å². The highest BCUT2D eigenvalue weighted by molar-refractivity contribution is 5.47. The molecule has 22 heavy (non-hydrogen) atoms. The number of benzene rings is 1. The largest absolute Gasteiger partial charge is 0.493 e. The van der Waals surface area contributed by atoms with E-state index in [1.165, 1.54) is 5.56 Å². The van der Waals surface area contributed by atoms with E-state index in [-0.39, 0.29) is 0 Å². The summed E-state index contributed by atoms with van der Waals surface area (Å²) < 4.78 is 11.6. The van der Waals surface area contributed by atoms with Gasteiger partial charge in [0.05, 0.1) is 7.11 Å². The minimum Gasteiger partial charge on any atom is -0.493 e. The zero-order chi connectivity index (χ0) is 15.4. The molecule has 0 amide bonds. The average molecular weight is 305 g/mol. The second-order valence-corrected chi connectivity index (χ2v) is 6.48. The molecule has 0 aliphatic carbocycles. The Bertz CT molecular complexity index is 469. The molecule has 2 aliphatic rings. The first-order chi connectivity index (χ1) is 10.8. The minimum absolute atomic E-state index is 0.291. The molecule has 0 bridgehead atoms. The summed E-state index contributed by atoms with van der Waals surface area (Å²) in [5.74, 6) is 2.31. The maximum absolute atomic E-state index is 9.20. The van der Waals surface area contributed by atoms with Gasteiger partial charge in [-0.3, -0.25) is 0 Å². The van der Waals surface area contributed by atoms with Crippen molar-refractivity contribution in [3.63, 3.8) is 0 Å². The summed E-state index contributed by atoms with van der Waals surface area (Å²) in [5, 5.41) is 9.20. The molecule has 1 aromatic rings. The van der Waals surface area contributed by atoms with Gasteiger partial charge in [0, 0.05) is 13.2 Å². The summed E-state index contributed by atoms with van der Waals surface area (Å²) in [5.41, 5.74) is 1.26. The number of piperidine rings is 1. The van der Waals surface area contributed by atoms with E-state index in [9.17, 15) is 5.11 Å². The number of likely N-dealkylation sites (tertiary alicyclic amines) is 1. The lowest BCUT2D eigenvalue weighted by atomic mass is 9.96. The van der Waals surface area contributed by atoms with Crippen molar-refractivity contribution >= 4 is 0 Å². The topological polar surface area (TPSA) is 41.9 Å². The highest BCUT2D eigenvalue weighted by atomic mass is 16.5. The molecule has 1 unspecified atom stereocenters. The van der Waals surface area contributed by atoms with Crippen LogP contribution in [0.25, 0.3) is 0 Å². The summed E-state index contributed by atoms with van der Waals surface area (Å²) in [4.78, 5) is 2.51. The molecule has 3 rings (SSSR count). The van der Waals surface area contributed by atoms with E-state index in [1.54, 1.807) is 7.11 Å². The fourth-order valence-corrected chi connectivity index (χ4v) is 3.52. The molecule has 2 aliphatic heterocycles. The predicted molar refractivity (Wildman–Crippen MR) is 86.6 cm³/mol. The number of hydrogen-bond acceptors (Lipinski definition) is 4. The van der Waals surface area contributed by atoms with Crippen LogP contribution in [-0.2, 0) is 6.42 Å². The Morgan fingerprint density at radius 1 is 1.27 bits per heavy atom. The summed E-state index contributed by atoms with van der Waals surface area (Å²) in [7, 11) is 1.70. The van der Waals surface area contributed by atoms with Gasteiger partial charge in [0.15, 0.2) is 11.5 Å². The SMILES string of the molecule is COc1cccc2c1OC(CCN1CCC(CO)CC1)CC2. The second kappa shape index (κ2) is 7.34. The number of rotatable bonds is 5. The van der Waals surface area contributed by atoms with Gasteiger partial charge < -0.3 is 19.5 Å². The smallest absolute Gasteiger partial charge is 0.164 e. The first-order valence-electron chi connectivity index (χ1n) is 8.46. The average Bonchev–Trinajstić information content (AvgIpc) is 2.59. The Kier molecular flexibility index (Phi) is 5.21. The second-order valence-electron chi connectivity index (χ2n) is 6.48. The fourth-order valence-electron chi connectivity index (χ4n) is 3.52. The Morgan fingerprint density at radius 2 is 2.09 bits per heavy atom. The zero-order valence-electron chi connectivity index (χ0n) is 13.5. The van der Waals surface area contributed by atoms with Crippen molar-refractivity contribution in [1.29, 1.82) is 0 Å². The van der Waals surface area contributed by atoms with Crippen LogP contribution in [-0.4, -0.2) is 49.5 Å². The standard InChI is InChI=1S/C18H27NO3/c1-21-17-4-2-3-15-5-6-16(22-18(15)17)9-12-19-10-7-14(13-20)8-11-19/h2-4,14,16,20H,5-13H2,1H3. The number of aliphatic hydroxyl groups excluding tert-OH is 1. The molecule has 1 fully saturated rings. The molecule has 4 nitrogen and oxygen atoms in total. The van der Waals surface area contributed by atoms with Gasteiger partial charge in [0.2, 0.25) is 0 Å². The van der Waals surface area contributed by atoms with Gasteiger partial charge in [-0.05, 0) is 62.7 Å². The molecule has 0 aromatic heterocycles. The maximum atomic E-state index is 9.20. The van der Waals surface area contributed by atoms with E-state index in [4.69, 9.17) is 9.47 Å². The molecule has 0 spiro atoms. The number of hydrogen-bond donors (Lipinski definition) is 1. The predicted octanol–water partition coefficient (Wildman–Crippen LogP) is 2.48. The first kappa shape index (κ1) is 15.6. The Balaban J connectivity index is 1.51. The van der Waals surface area contributed by atoms with Gasteiger partial charge in [0.1, 0.15) is 6.10 Å². The molecule has 0 saturated carbocycles. The molecule has 2 heterocycles. The third-order valence-electron chi connectivity index (χ3n) is 5.03. The number of aliphatic hydroxyl groups is 1. The van der Waals surface area contributed by atoms with Crippen LogP contribution in [0, 0.1) is 5.92 Å². The van der Waals surface area contributed by atoms with Crippen LogP contribution in [0.1, 0.15) is 31.2 Å². The van der Waals surface area contributed by atoms with Gasteiger partial charge >= 0.3 is 0 Å². The third kappa shape index (κ3) is 3.55. The van der Waals surface area contributed by atoms with Gasteiger partial charge in [-0.1, -0.05) is 12.1 Å². The number of fused-ring (bicyclic) bond motifs is 1. The minimum atomic E-state index is 0.291. The van der Waals surface area contributed by atoms with Crippen LogP contribution in [0.4, 0.5) is 0 Å². The number of methoxy groups -OCH3 is 1. The van der Waals surface area contributed by atoms with Crippen LogP contribution in [0.15, 0.2) is 18.2 Å². The van der Waals surface area contributed by atoms with E-state index in [1.807, 2.05) is 12.1 Å². The first-order valence-corrected chi connectivity index (χ1v) is 8.46. The van der Waals surface area contributed by atoms with Crippen molar-refractivity contribution in [2.45, 2.75) is 38.2 Å². The molecule has 1 atom stereocenters. The lowest BCUT2D eigenvalue weighted by Crippen LogP contribution is -2.37. The molecule has 1 saturated heterocycles. The molecular formula is C18H27NO3. The number of nitrogens with zero attached hydrogens (tertiary/aromatic N) is 1. The molecule has 1 N–H and O–H groups in total. The van der Waals surface area contributed by atoms with E-state index in [0.29, 0.717) is 18.6 Å². The van der Waals surface area contributed by atoms with Crippen LogP contribution in [0.5, 0.6) is 11.5 Å². The lowest BCUT2D eigenvalue weighted by molar-refractivity contribution is 0.104. The van der Waals surface area contributed by atoms with E-state index < -0.39 is 0 Å². The molecule has 0 radical (unpaired) electrons. The van der Waals surface area contributed by atoms with Crippen molar-refractivity contribution in [3.8, 4) is 11.5 Å². The Labute approximate surface area is 133 Å². The maximum Gasteiger partial charge on any atom is 0.164 e. The fraction of sp³-hybridized carbons (Fsp3) is 0.667. The van der Waals surface area contributed by atoms with Gasteiger partial charge in [0.25, 0.3) is 0 Å². The van der Waals surface area contributed by atoms with Crippen LogP contribution < -0.4 is 9.47 Å². The van der Waals surface area contributed by atoms with Gasteiger partial charge in [-0.25, -0.2) is 0 Å². The molecule has 122 valence electrons. The third-order valence-corrected chi connectivity index (χ3v) is 5.03. The number of para-hydroxylation sites is 1. The Morgan fingerprint density at radius 3 is 2.82 bits per heavy atom. The molecular weight excluding hydrogens is 278 g/mol. The summed E-state index contributed by atoms with van der Waals surface area (Å²) in [6, 6.07) is 6.14. The lowest BCUT2D eigenvalue weighted by Gasteiger charge is -2.33. The number of aryl methyl sites for hydroxylation is 1. The van der Waals surface area contributed by atoms with Crippen molar-refractivity contribution in [2.75, 3.05) is 33.4 Å². The van der Waals surface area contributed by atoms with Gasteiger partial charge in [-0.15, -0.1) is 0 Å². The zero-order valence-corrected chi connectivity index (χ0v) is 13.5. The van der Waals surface area contributed by atoms with Crippen molar-refractivity contribution in [3.05, 3.63) is 23.8 Å². The summed E-state index contributed by atoms with van der Waals surface area (Å²) >= 11 is 0. The highest BCUT2D eigenvalue weighted by Crippen LogP contribution is 2.37. The van der Waals surface area contributed by atoms with E-state index >= 15 is 0 Å². The monoisotopic (exact) mass is 305 g/mol. The van der Waals surface area contributed by atoms with Crippen molar-refractivity contribution < 1.29 is 14.6 Å². The summed E-state index contributed by atoms with van der Waals surface area (Å²) in [6.07, 6.45) is 5.77. The van der Waals surface area contributed by atoms with Crippen LogP contribution in [0.2, 0.25) is 0 Å². The van der Waals surface area contributed by atoms with Crippen LogP contribution >= 0.6 is 0 Å². The normalized spacial score (nSPS) is 22.9. The Hall–Kier alpha value is -1.26. The van der Waals surface area contributed by atoms with Crippen LogP contribution in [0.3, 0.4) is 0 Å². The number of ether oxygens (including phenoxy) is 2. The molecule has 1 aromatic carbocycles. The van der Waals surface area contributed by atoms with Gasteiger partial charge in [-0.2, -0.15) is 0 Å². The summed E-state index contributed by atoms with van der Waals surface area (Å²) in [6.45, 7) is 3.65.